The number of halogens is 2. The zero-order chi connectivity index (χ0) is 23.6. The van der Waals surface area contributed by atoms with Crippen molar-refractivity contribution < 1.29 is 31.1 Å². The second-order valence-electron chi connectivity index (χ2n) is 8.01. The van der Waals surface area contributed by atoms with Crippen LogP contribution in [-0.2, 0) is 21.2 Å². The van der Waals surface area contributed by atoms with E-state index in [0.717, 1.165) is 0 Å². The van der Waals surface area contributed by atoms with Gasteiger partial charge in [-0.3, -0.25) is 4.79 Å². The van der Waals surface area contributed by atoms with Crippen molar-refractivity contribution in [2.24, 2.45) is 0 Å². The Kier molecular flexibility index (Phi) is 6.51. The highest BCUT2D eigenvalue weighted by atomic mass is 32.2. The number of benzene rings is 2. The van der Waals surface area contributed by atoms with Gasteiger partial charge in [-0.2, -0.15) is 0 Å². The van der Waals surface area contributed by atoms with E-state index in [2.05, 4.69) is 0 Å². The van der Waals surface area contributed by atoms with E-state index in [0.29, 0.717) is 29.3 Å². The lowest BCUT2D eigenvalue weighted by atomic mass is 10.1. The first-order chi connectivity index (χ1) is 15.7. The largest absolute Gasteiger partial charge is 0.481 e. The van der Waals surface area contributed by atoms with Gasteiger partial charge >= 0.3 is 0 Å². The molecule has 0 bridgehead atoms. The number of furan rings is 1. The molecule has 0 radical (unpaired) electrons. The molecule has 3 aromatic rings. The van der Waals surface area contributed by atoms with E-state index in [-0.39, 0.29) is 23.9 Å². The first kappa shape index (κ1) is 23.0. The standard InChI is InChI=1S/C24H23F2NO5S/c1-16(31-21-8-6-19(26)7-9-21)24(28)27(20-12-13-33(29,30)15-20)14-22-10-11-23(32-22)17-2-4-18(25)5-3-17/h2-11,16,20H,12-15H2,1H3. The van der Waals surface area contributed by atoms with E-state index in [4.69, 9.17) is 9.15 Å². The summed E-state index contributed by atoms with van der Waals surface area (Å²) in [4.78, 5) is 14.7. The topological polar surface area (TPSA) is 76.8 Å². The quantitative estimate of drug-likeness (QED) is 0.512. The number of hydrogen-bond acceptors (Lipinski definition) is 5. The summed E-state index contributed by atoms with van der Waals surface area (Å²) >= 11 is 0. The molecule has 1 aliphatic heterocycles. The minimum atomic E-state index is -3.24. The van der Waals surface area contributed by atoms with Crippen molar-refractivity contribution in [3.63, 3.8) is 0 Å². The lowest BCUT2D eigenvalue weighted by Crippen LogP contribution is -2.46. The van der Waals surface area contributed by atoms with Crippen molar-refractivity contribution in [2.75, 3.05) is 11.5 Å². The average molecular weight is 476 g/mol. The molecular formula is C24H23F2NO5S. The first-order valence-electron chi connectivity index (χ1n) is 10.5. The van der Waals surface area contributed by atoms with Crippen LogP contribution in [0.5, 0.6) is 5.75 Å². The molecule has 2 heterocycles. The van der Waals surface area contributed by atoms with Crippen LogP contribution in [0.1, 0.15) is 19.1 Å². The number of amides is 1. The van der Waals surface area contributed by atoms with Gasteiger partial charge in [0.1, 0.15) is 28.9 Å². The van der Waals surface area contributed by atoms with Crippen LogP contribution in [-0.4, -0.2) is 42.9 Å². The highest BCUT2D eigenvalue weighted by molar-refractivity contribution is 7.91. The Morgan fingerprint density at radius 2 is 1.70 bits per heavy atom. The summed E-state index contributed by atoms with van der Waals surface area (Å²) in [6.45, 7) is 1.62. The van der Waals surface area contributed by atoms with Crippen molar-refractivity contribution in [1.82, 2.24) is 4.90 Å². The maximum absolute atomic E-state index is 13.3. The molecule has 2 unspecified atom stereocenters. The van der Waals surface area contributed by atoms with Crippen molar-refractivity contribution >= 4 is 15.7 Å². The maximum atomic E-state index is 13.3. The van der Waals surface area contributed by atoms with E-state index < -0.39 is 33.7 Å². The van der Waals surface area contributed by atoms with Gasteiger partial charge in [0, 0.05) is 11.6 Å². The predicted molar refractivity (Wildman–Crippen MR) is 118 cm³/mol. The molecule has 6 nitrogen and oxygen atoms in total. The van der Waals surface area contributed by atoms with Crippen LogP contribution in [0.4, 0.5) is 8.78 Å². The molecule has 1 saturated heterocycles. The lowest BCUT2D eigenvalue weighted by Gasteiger charge is -2.30. The number of sulfone groups is 1. The van der Waals surface area contributed by atoms with Gasteiger partial charge in [-0.05, 0) is 74.0 Å². The molecule has 174 valence electrons. The Balaban J connectivity index is 1.54. The monoisotopic (exact) mass is 475 g/mol. The van der Waals surface area contributed by atoms with Crippen LogP contribution < -0.4 is 4.74 Å². The molecule has 4 rings (SSSR count). The predicted octanol–water partition coefficient (Wildman–Crippen LogP) is 4.21. The van der Waals surface area contributed by atoms with Crippen molar-refractivity contribution in [3.8, 4) is 17.1 Å². The second-order valence-corrected chi connectivity index (χ2v) is 10.2. The Bertz CT molecular complexity index is 1220. The summed E-state index contributed by atoms with van der Waals surface area (Å²) in [5, 5.41) is 0. The molecule has 1 amide bonds. The summed E-state index contributed by atoms with van der Waals surface area (Å²) < 4.78 is 62.0. The number of ether oxygens (including phenoxy) is 1. The molecule has 1 aromatic heterocycles. The molecule has 33 heavy (non-hydrogen) atoms. The second kappa shape index (κ2) is 9.35. The molecular weight excluding hydrogens is 452 g/mol. The van der Waals surface area contributed by atoms with Gasteiger partial charge in [0.05, 0.1) is 18.1 Å². The molecule has 1 fully saturated rings. The zero-order valence-corrected chi connectivity index (χ0v) is 18.7. The van der Waals surface area contributed by atoms with Crippen LogP contribution in [0.3, 0.4) is 0 Å². The van der Waals surface area contributed by atoms with Crippen LogP contribution >= 0.6 is 0 Å². The van der Waals surface area contributed by atoms with E-state index in [1.165, 1.54) is 41.3 Å². The fourth-order valence-electron chi connectivity index (χ4n) is 3.81. The summed E-state index contributed by atoms with van der Waals surface area (Å²) in [5.41, 5.74) is 0.678. The third kappa shape index (κ3) is 5.60. The molecule has 2 aromatic carbocycles. The van der Waals surface area contributed by atoms with Crippen LogP contribution in [0.25, 0.3) is 11.3 Å². The number of carbonyl (C=O) groups is 1. The van der Waals surface area contributed by atoms with E-state index >= 15 is 0 Å². The Hall–Kier alpha value is -3.20. The normalized spacial score (nSPS) is 18.1. The van der Waals surface area contributed by atoms with Crippen LogP contribution in [0, 0.1) is 11.6 Å². The summed E-state index contributed by atoms with van der Waals surface area (Å²) in [6, 6.07) is 14.0. The molecule has 0 aliphatic carbocycles. The highest BCUT2D eigenvalue weighted by Gasteiger charge is 2.37. The van der Waals surface area contributed by atoms with Crippen molar-refractivity contribution in [3.05, 3.63) is 78.1 Å². The highest BCUT2D eigenvalue weighted by Crippen LogP contribution is 2.26. The number of nitrogens with zero attached hydrogens (tertiary/aromatic N) is 1. The molecule has 0 saturated carbocycles. The van der Waals surface area contributed by atoms with E-state index in [1.54, 1.807) is 31.2 Å². The van der Waals surface area contributed by atoms with Gasteiger partial charge in [-0.25, -0.2) is 17.2 Å². The van der Waals surface area contributed by atoms with Crippen molar-refractivity contribution in [1.29, 1.82) is 0 Å². The van der Waals surface area contributed by atoms with E-state index in [9.17, 15) is 22.0 Å². The molecule has 9 heteroatoms. The summed E-state index contributed by atoms with van der Waals surface area (Å²) in [6.07, 6.45) is -0.603. The molecule has 0 N–H and O–H groups in total. The van der Waals surface area contributed by atoms with Crippen molar-refractivity contribution in [2.45, 2.75) is 32.0 Å². The Labute approximate surface area is 190 Å². The first-order valence-corrected chi connectivity index (χ1v) is 12.3. The van der Waals surface area contributed by atoms with Gasteiger partial charge in [-0.15, -0.1) is 0 Å². The minimum absolute atomic E-state index is 0.00757. The Morgan fingerprint density at radius 1 is 1.06 bits per heavy atom. The third-order valence-electron chi connectivity index (χ3n) is 5.52. The number of carbonyl (C=O) groups excluding carboxylic acids is 1. The molecule has 2 atom stereocenters. The number of hydrogen-bond donors (Lipinski definition) is 0. The lowest BCUT2D eigenvalue weighted by molar-refractivity contribution is -0.140. The summed E-state index contributed by atoms with van der Waals surface area (Å²) in [7, 11) is -3.24. The average Bonchev–Trinajstić information content (AvgIpc) is 3.39. The smallest absolute Gasteiger partial charge is 0.264 e. The molecule has 1 aliphatic rings. The maximum Gasteiger partial charge on any atom is 0.264 e. The van der Waals surface area contributed by atoms with Crippen LogP contribution in [0.2, 0.25) is 0 Å². The van der Waals surface area contributed by atoms with E-state index in [1.807, 2.05) is 0 Å². The van der Waals surface area contributed by atoms with Gasteiger partial charge in [0.2, 0.25) is 0 Å². The fourth-order valence-corrected chi connectivity index (χ4v) is 5.54. The Morgan fingerprint density at radius 3 is 2.30 bits per heavy atom. The SMILES string of the molecule is CC(Oc1ccc(F)cc1)C(=O)N(Cc1ccc(-c2ccc(F)cc2)o1)C1CCS(=O)(=O)C1. The van der Waals surface area contributed by atoms with Crippen LogP contribution in [0.15, 0.2) is 65.1 Å². The summed E-state index contributed by atoms with van der Waals surface area (Å²) in [5.74, 6) is -0.0166. The van der Waals surface area contributed by atoms with Gasteiger partial charge in [-0.1, -0.05) is 0 Å². The van der Waals surface area contributed by atoms with Gasteiger partial charge in [0.15, 0.2) is 15.9 Å². The fraction of sp³-hybridized carbons (Fsp3) is 0.292. The van der Waals surface area contributed by atoms with Gasteiger partial charge < -0.3 is 14.1 Å². The number of rotatable bonds is 7. The minimum Gasteiger partial charge on any atom is -0.481 e. The third-order valence-corrected chi connectivity index (χ3v) is 7.27. The zero-order valence-electron chi connectivity index (χ0n) is 17.9. The molecule has 0 spiro atoms. The van der Waals surface area contributed by atoms with Gasteiger partial charge in [0.25, 0.3) is 5.91 Å².